The molecule has 0 saturated carbocycles. The molecule has 0 spiro atoms. The Hall–Kier alpha value is -3.15. The van der Waals surface area contributed by atoms with Gasteiger partial charge in [0, 0.05) is 18.1 Å². The number of nitrogens with one attached hydrogen (secondary N) is 1. The first-order chi connectivity index (χ1) is 13.0. The maximum atomic E-state index is 14.4. The number of imidazole rings is 1. The Morgan fingerprint density at radius 1 is 1.19 bits per heavy atom. The van der Waals surface area contributed by atoms with Gasteiger partial charge in [-0.3, -0.25) is 4.79 Å². The summed E-state index contributed by atoms with van der Waals surface area (Å²) in [5.41, 5.74) is 2.86. The molecular weight excluding hydrogens is 345 g/mol. The molecule has 0 unspecified atom stereocenters. The van der Waals surface area contributed by atoms with Gasteiger partial charge in [0.2, 0.25) is 5.91 Å². The maximum absolute atomic E-state index is 14.4. The van der Waals surface area contributed by atoms with Crippen LogP contribution in [0.25, 0.3) is 5.69 Å². The molecule has 0 fully saturated rings. The van der Waals surface area contributed by atoms with Crippen LogP contribution in [0.4, 0.5) is 10.1 Å². The predicted molar refractivity (Wildman–Crippen MR) is 103 cm³/mol. The van der Waals surface area contributed by atoms with Crippen LogP contribution in [-0.2, 0) is 4.79 Å². The molecule has 5 nitrogen and oxygen atoms in total. The second-order valence-corrected chi connectivity index (χ2v) is 6.38. The minimum Gasteiger partial charge on any atom is -0.493 e. The van der Waals surface area contributed by atoms with Crippen LogP contribution in [0.5, 0.6) is 5.75 Å². The summed E-state index contributed by atoms with van der Waals surface area (Å²) in [6.45, 7) is 5.99. The number of nitrogens with zero attached hydrogens (tertiary/aromatic N) is 2. The first-order valence-electron chi connectivity index (χ1n) is 8.74. The Morgan fingerprint density at radius 3 is 2.56 bits per heavy atom. The quantitative estimate of drug-likeness (QED) is 0.705. The highest BCUT2D eigenvalue weighted by Gasteiger charge is 2.10. The Morgan fingerprint density at radius 2 is 1.93 bits per heavy atom. The van der Waals surface area contributed by atoms with Gasteiger partial charge in [-0.05, 0) is 50.1 Å². The van der Waals surface area contributed by atoms with Gasteiger partial charge in [-0.15, -0.1) is 0 Å². The lowest BCUT2D eigenvalue weighted by molar-refractivity contribution is -0.116. The molecule has 0 aliphatic carbocycles. The van der Waals surface area contributed by atoms with Crippen molar-refractivity contribution < 1.29 is 13.9 Å². The summed E-state index contributed by atoms with van der Waals surface area (Å²) in [4.78, 5) is 16.2. The SMILES string of the molecule is Cc1cccc(C)c1OCCC(=O)Nc1ccc(-n2ccnc2C)c(F)c1. The summed E-state index contributed by atoms with van der Waals surface area (Å²) in [6.07, 6.45) is 3.48. The van der Waals surface area contributed by atoms with Crippen molar-refractivity contribution in [3.8, 4) is 11.4 Å². The van der Waals surface area contributed by atoms with Crippen molar-refractivity contribution in [3.63, 3.8) is 0 Å². The van der Waals surface area contributed by atoms with Gasteiger partial charge < -0.3 is 14.6 Å². The standard InChI is InChI=1S/C21H22FN3O2/c1-14-5-4-6-15(2)21(14)27-12-9-20(26)24-17-7-8-19(18(22)13-17)25-11-10-23-16(25)3/h4-8,10-11,13H,9,12H2,1-3H3,(H,24,26). The van der Waals surface area contributed by atoms with Crippen molar-refractivity contribution in [1.29, 1.82) is 0 Å². The molecule has 140 valence electrons. The third kappa shape index (κ3) is 4.34. The van der Waals surface area contributed by atoms with E-state index >= 15 is 0 Å². The zero-order chi connectivity index (χ0) is 19.4. The predicted octanol–water partition coefficient (Wildman–Crippen LogP) is 4.34. The van der Waals surface area contributed by atoms with Gasteiger partial charge in [0.15, 0.2) is 0 Å². The monoisotopic (exact) mass is 367 g/mol. The number of carbonyl (C=O) groups excluding carboxylic acids is 1. The van der Waals surface area contributed by atoms with Crippen LogP contribution in [0.1, 0.15) is 23.4 Å². The Balaban J connectivity index is 1.58. The highest BCUT2D eigenvalue weighted by atomic mass is 19.1. The molecule has 0 radical (unpaired) electrons. The number of hydrogen-bond acceptors (Lipinski definition) is 3. The third-order valence-electron chi connectivity index (χ3n) is 4.30. The second-order valence-electron chi connectivity index (χ2n) is 6.38. The van der Waals surface area contributed by atoms with Gasteiger partial charge in [0.1, 0.15) is 17.4 Å². The largest absolute Gasteiger partial charge is 0.493 e. The van der Waals surface area contributed by atoms with E-state index in [1.807, 2.05) is 32.0 Å². The maximum Gasteiger partial charge on any atom is 0.227 e. The van der Waals surface area contributed by atoms with Gasteiger partial charge in [0.25, 0.3) is 0 Å². The molecule has 0 saturated heterocycles. The smallest absolute Gasteiger partial charge is 0.227 e. The van der Waals surface area contributed by atoms with Gasteiger partial charge in [-0.2, -0.15) is 0 Å². The Kier molecular flexibility index (Phi) is 5.54. The van der Waals surface area contributed by atoms with Crippen molar-refractivity contribution in [3.05, 3.63) is 71.6 Å². The molecule has 0 aliphatic rings. The summed E-state index contributed by atoms with van der Waals surface area (Å²) < 4.78 is 21.8. The van der Waals surface area contributed by atoms with Crippen molar-refractivity contribution >= 4 is 11.6 Å². The minimum absolute atomic E-state index is 0.178. The lowest BCUT2D eigenvalue weighted by atomic mass is 10.1. The van der Waals surface area contributed by atoms with E-state index in [-0.39, 0.29) is 18.9 Å². The first-order valence-corrected chi connectivity index (χ1v) is 8.74. The Labute approximate surface area is 157 Å². The summed E-state index contributed by atoms with van der Waals surface area (Å²) >= 11 is 0. The van der Waals surface area contributed by atoms with Crippen LogP contribution in [0, 0.1) is 26.6 Å². The van der Waals surface area contributed by atoms with Crippen LogP contribution < -0.4 is 10.1 Å². The fourth-order valence-electron chi connectivity index (χ4n) is 2.91. The topological polar surface area (TPSA) is 56.1 Å². The van der Waals surface area contributed by atoms with Crippen LogP contribution in [-0.4, -0.2) is 22.1 Å². The van der Waals surface area contributed by atoms with Crippen molar-refractivity contribution in [2.75, 3.05) is 11.9 Å². The van der Waals surface area contributed by atoms with E-state index < -0.39 is 5.82 Å². The number of ether oxygens (including phenoxy) is 1. The highest BCUT2D eigenvalue weighted by molar-refractivity contribution is 5.90. The number of aryl methyl sites for hydroxylation is 3. The number of rotatable bonds is 6. The summed E-state index contributed by atoms with van der Waals surface area (Å²) in [7, 11) is 0. The number of carbonyl (C=O) groups is 1. The minimum atomic E-state index is -0.430. The number of para-hydroxylation sites is 1. The normalized spacial score (nSPS) is 10.7. The number of benzene rings is 2. The molecule has 3 rings (SSSR count). The van der Waals surface area contributed by atoms with E-state index in [1.165, 1.54) is 6.07 Å². The first kappa shape index (κ1) is 18.6. The van der Waals surface area contributed by atoms with Crippen LogP contribution in [0.2, 0.25) is 0 Å². The molecule has 0 aliphatic heterocycles. The molecule has 6 heteroatoms. The molecular formula is C21H22FN3O2. The van der Waals surface area contributed by atoms with E-state index in [0.29, 0.717) is 17.2 Å². The summed E-state index contributed by atoms with van der Waals surface area (Å²) in [5.74, 6) is 0.832. The van der Waals surface area contributed by atoms with Gasteiger partial charge in [-0.1, -0.05) is 18.2 Å². The summed E-state index contributed by atoms with van der Waals surface area (Å²) in [6, 6.07) is 10.5. The number of hydrogen-bond donors (Lipinski definition) is 1. The van der Waals surface area contributed by atoms with Crippen molar-refractivity contribution in [2.24, 2.45) is 0 Å². The Bertz CT molecular complexity index is 946. The van der Waals surface area contributed by atoms with Crippen LogP contribution in [0.3, 0.4) is 0 Å². The molecule has 3 aromatic rings. The van der Waals surface area contributed by atoms with E-state index in [9.17, 15) is 9.18 Å². The number of halogens is 1. The second kappa shape index (κ2) is 8.03. The van der Waals surface area contributed by atoms with Crippen molar-refractivity contribution in [1.82, 2.24) is 9.55 Å². The van der Waals surface area contributed by atoms with E-state index in [0.717, 1.165) is 16.9 Å². The molecule has 1 N–H and O–H groups in total. The van der Waals surface area contributed by atoms with E-state index in [1.54, 1.807) is 36.0 Å². The average molecular weight is 367 g/mol. The van der Waals surface area contributed by atoms with E-state index in [2.05, 4.69) is 10.3 Å². The van der Waals surface area contributed by atoms with Crippen molar-refractivity contribution in [2.45, 2.75) is 27.2 Å². The lowest BCUT2D eigenvalue weighted by Gasteiger charge is -2.12. The molecule has 1 aromatic heterocycles. The molecule has 1 amide bonds. The van der Waals surface area contributed by atoms with Gasteiger partial charge in [0.05, 0.1) is 18.7 Å². The van der Waals surface area contributed by atoms with Gasteiger partial charge in [-0.25, -0.2) is 9.37 Å². The van der Waals surface area contributed by atoms with Gasteiger partial charge >= 0.3 is 0 Å². The zero-order valence-electron chi connectivity index (χ0n) is 15.6. The number of amides is 1. The number of aromatic nitrogens is 2. The molecule has 27 heavy (non-hydrogen) atoms. The number of anilines is 1. The summed E-state index contributed by atoms with van der Waals surface area (Å²) in [5, 5.41) is 2.70. The fraction of sp³-hybridized carbons (Fsp3) is 0.238. The highest BCUT2D eigenvalue weighted by Crippen LogP contribution is 2.23. The molecule has 1 heterocycles. The fourth-order valence-corrected chi connectivity index (χ4v) is 2.91. The third-order valence-corrected chi connectivity index (χ3v) is 4.30. The van der Waals surface area contributed by atoms with Crippen LogP contribution >= 0.6 is 0 Å². The molecule has 2 aromatic carbocycles. The molecule has 0 atom stereocenters. The zero-order valence-corrected chi connectivity index (χ0v) is 15.6. The average Bonchev–Trinajstić information content (AvgIpc) is 3.03. The lowest BCUT2D eigenvalue weighted by Crippen LogP contribution is -2.16. The van der Waals surface area contributed by atoms with E-state index in [4.69, 9.17) is 4.74 Å². The molecule has 0 bridgehead atoms. The van der Waals surface area contributed by atoms with Crippen LogP contribution in [0.15, 0.2) is 48.8 Å².